The Hall–Kier alpha value is -2.00. The molecule has 3 saturated carbocycles. The van der Waals surface area contributed by atoms with E-state index in [1.165, 1.54) is 0 Å². The molecule has 0 radical (unpaired) electrons. The first-order chi connectivity index (χ1) is 12.2. The van der Waals surface area contributed by atoms with Gasteiger partial charge in [0.15, 0.2) is 5.70 Å². The van der Waals surface area contributed by atoms with Gasteiger partial charge in [-0.2, -0.15) is 0 Å². The maximum atomic E-state index is 12.6. The summed E-state index contributed by atoms with van der Waals surface area (Å²) in [6.45, 7) is 0. The lowest BCUT2D eigenvalue weighted by atomic mass is 9.71. The molecule has 26 heavy (non-hydrogen) atoms. The Morgan fingerprint density at radius 3 is 2.23 bits per heavy atom. The maximum Gasteiger partial charge on any atom is 0.358 e. The molecule has 2 spiro atoms. The second-order valence-corrected chi connectivity index (χ2v) is 8.11. The van der Waals surface area contributed by atoms with Crippen molar-refractivity contribution in [2.75, 3.05) is 0 Å². The quantitative estimate of drug-likeness (QED) is 0.229. The van der Waals surface area contributed by atoms with Gasteiger partial charge < -0.3 is 38.1 Å². The van der Waals surface area contributed by atoms with E-state index in [1.807, 2.05) is 0 Å². The van der Waals surface area contributed by atoms with Gasteiger partial charge in [0.2, 0.25) is 0 Å². The van der Waals surface area contributed by atoms with Gasteiger partial charge in [-0.25, -0.2) is 4.79 Å². The zero-order chi connectivity index (χ0) is 18.9. The van der Waals surface area contributed by atoms with Crippen LogP contribution in [-0.4, -0.2) is 29.8 Å². The molecule has 0 aromatic rings. The molecule has 3 unspecified atom stereocenters. The van der Waals surface area contributed by atoms with Crippen LogP contribution in [0.25, 0.3) is 0 Å². The van der Waals surface area contributed by atoms with Crippen LogP contribution in [-0.2, 0) is 19.1 Å². The van der Waals surface area contributed by atoms with Crippen LogP contribution in [0, 0.1) is 16.7 Å². The van der Waals surface area contributed by atoms with Gasteiger partial charge in [-0.1, -0.05) is 19.3 Å². The van der Waals surface area contributed by atoms with E-state index in [2.05, 4.69) is 0 Å². The van der Waals surface area contributed by atoms with Crippen molar-refractivity contribution in [1.82, 2.24) is 0 Å². The molecule has 5 atom stereocenters. The Morgan fingerprint density at radius 1 is 1.04 bits per heavy atom. The highest BCUT2D eigenvalue weighted by atomic mass is 16.6. The molecule has 0 bridgehead atoms. The van der Waals surface area contributed by atoms with Gasteiger partial charge in [-0.05, 0) is 25.7 Å². The van der Waals surface area contributed by atoms with Crippen LogP contribution >= 0.6 is 0 Å². The fourth-order valence-corrected chi connectivity index (χ4v) is 5.80. The van der Waals surface area contributed by atoms with Crippen LogP contribution in [0.15, 0.2) is 11.5 Å². The van der Waals surface area contributed by atoms with E-state index < -0.39 is 28.6 Å². The summed E-state index contributed by atoms with van der Waals surface area (Å²) < 4.78 is 11.4. The van der Waals surface area contributed by atoms with Gasteiger partial charge in [-0.15, -0.1) is 0 Å². The van der Waals surface area contributed by atoms with E-state index in [4.69, 9.17) is 38.1 Å². The Kier molecular flexibility index (Phi) is 3.52. The maximum absolute atomic E-state index is 12.6. The standard InChI is InChI=1S/C17H27N5O4/c18-10(11(19)20)12(23)25-8-6-4-2-1-3-5-7-9-15(8)13-16(15,14(24)26-9)17(13,21)22/h8-9,13H,1-7,18-22H2/t8?,9-,13?,15+,16?/m0/s1. The number of rotatable bonds is 2. The Labute approximate surface area is 151 Å². The highest BCUT2D eigenvalue weighted by molar-refractivity contribution is 5.96. The second-order valence-electron chi connectivity index (χ2n) is 8.11. The molecule has 1 saturated heterocycles. The number of ether oxygens (including phenoxy) is 2. The van der Waals surface area contributed by atoms with Crippen molar-refractivity contribution in [3.05, 3.63) is 11.5 Å². The van der Waals surface area contributed by atoms with Crippen LogP contribution in [0.2, 0.25) is 0 Å². The molecule has 4 fully saturated rings. The Morgan fingerprint density at radius 2 is 1.65 bits per heavy atom. The van der Waals surface area contributed by atoms with Crippen LogP contribution in [0.5, 0.6) is 0 Å². The first-order valence-corrected chi connectivity index (χ1v) is 9.24. The van der Waals surface area contributed by atoms with E-state index in [9.17, 15) is 9.59 Å². The Balaban J connectivity index is 1.67. The summed E-state index contributed by atoms with van der Waals surface area (Å²) in [6.07, 6.45) is 5.46. The molecular weight excluding hydrogens is 338 g/mol. The molecule has 0 aromatic heterocycles. The number of hydrogen-bond donors (Lipinski definition) is 5. The van der Waals surface area contributed by atoms with Gasteiger partial charge in [0.25, 0.3) is 0 Å². The minimum atomic E-state index is -1.10. The van der Waals surface area contributed by atoms with Crippen LogP contribution in [0.3, 0.4) is 0 Å². The molecule has 3 aliphatic carbocycles. The number of nitrogens with two attached hydrogens (primary N) is 5. The first kappa shape index (κ1) is 17.4. The second kappa shape index (κ2) is 5.26. The van der Waals surface area contributed by atoms with Crippen LogP contribution in [0.4, 0.5) is 0 Å². The normalized spacial score (nSPS) is 42.4. The van der Waals surface area contributed by atoms with Gasteiger partial charge in [0.1, 0.15) is 23.4 Å². The van der Waals surface area contributed by atoms with Crippen molar-refractivity contribution in [2.45, 2.75) is 62.8 Å². The fourth-order valence-electron chi connectivity index (χ4n) is 5.80. The molecule has 4 rings (SSSR count). The van der Waals surface area contributed by atoms with Gasteiger partial charge in [-0.3, -0.25) is 4.79 Å². The zero-order valence-electron chi connectivity index (χ0n) is 14.7. The van der Waals surface area contributed by atoms with Crippen molar-refractivity contribution < 1.29 is 19.1 Å². The Bertz CT molecular complexity index is 703. The smallest absolute Gasteiger partial charge is 0.358 e. The SMILES string of the molecule is NC(N)=C(N)C(=O)OC1CCCCCCC[C@@H]2OC(=O)C34C(C3(N)N)[C@@]124. The lowest BCUT2D eigenvalue weighted by Crippen LogP contribution is -2.58. The lowest BCUT2D eigenvalue weighted by Gasteiger charge is -2.39. The summed E-state index contributed by atoms with van der Waals surface area (Å²) in [5.74, 6) is -1.66. The minimum Gasteiger partial charge on any atom is -0.461 e. The van der Waals surface area contributed by atoms with Crippen molar-refractivity contribution in [3.63, 3.8) is 0 Å². The monoisotopic (exact) mass is 365 g/mol. The lowest BCUT2D eigenvalue weighted by molar-refractivity contribution is -0.156. The van der Waals surface area contributed by atoms with E-state index in [0.29, 0.717) is 6.42 Å². The third-order valence-corrected chi connectivity index (χ3v) is 6.94. The molecule has 9 nitrogen and oxygen atoms in total. The van der Waals surface area contributed by atoms with E-state index in [0.717, 1.165) is 38.5 Å². The number of hydrogen-bond acceptors (Lipinski definition) is 9. The third kappa shape index (κ3) is 1.77. The molecule has 144 valence electrons. The average Bonchev–Trinajstić information content (AvgIpc) is 3.37. The molecular formula is C17H27N5O4. The van der Waals surface area contributed by atoms with Crippen molar-refractivity contribution >= 4 is 11.9 Å². The van der Waals surface area contributed by atoms with Crippen molar-refractivity contribution in [1.29, 1.82) is 0 Å². The third-order valence-electron chi connectivity index (χ3n) is 6.94. The van der Waals surface area contributed by atoms with Crippen LogP contribution in [0.1, 0.15) is 44.9 Å². The van der Waals surface area contributed by atoms with E-state index in [-0.39, 0.29) is 29.5 Å². The number of carbonyl (C=O) groups is 2. The molecule has 0 aromatic carbocycles. The summed E-state index contributed by atoms with van der Waals surface area (Å²) in [5, 5.41) is 0. The summed E-state index contributed by atoms with van der Waals surface area (Å²) >= 11 is 0. The van der Waals surface area contributed by atoms with Crippen molar-refractivity contribution in [2.24, 2.45) is 45.4 Å². The van der Waals surface area contributed by atoms with Gasteiger partial charge in [0, 0.05) is 5.92 Å². The van der Waals surface area contributed by atoms with E-state index in [1.54, 1.807) is 0 Å². The van der Waals surface area contributed by atoms with Crippen molar-refractivity contribution in [3.8, 4) is 0 Å². The molecule has 4 aliphatic rings. The summed E-state index contributed by atoms with van der Waals surface area (Å²) in [4.78, 5) is 25.0. The minimum absolute atomic E-state index is 0.230. The molecule has 0 amide bonds. The highest BCUT2D eigenvalue weighted by Crippen LogP contribution is 2.96. The van der Waals surface area contributed by atoms with E-state index >= 15 is 0 Å². The fraction of sp³-hybridized carbons (Fsp3) is 0.765. The largest absolute Gasteiger partial charge is 0.461 e. The number of carbonyl (C=O) groups excluding carboxylic acids is 2. The predicted octanol–water partition coefficient (Wildman–Crippen LogP) is -1.16. The first-order valence-electron chi connectivity index (χ1n) is 9.24. The summed E-state index contributed by atoms with van der Waals surface area (Å²) in [5.41, 5.74) is 25.7. The molecule has 9 heteroatoms. The van der Waals surface area contributed by atoms with Gasteiger partial charge >= 0.3 is 11.9 Å². The molecule has 1 aliphatic heterocycles. The summed E-state index contributed by atoms with van der Waals surface area (Å²) in [7, 11) is 0. The molecule has 10 N–H and O–H groups in total. The van der Waals surface area contributed by atoms with Gasteiger partial charge in [0.05, 0.1) is 11.1 Å². The van der Waals surface area contributed by atoms with Crippen LogP contribution < -0.4 is 28.7 Å². The predicted molar refractivity (Wildman–Crippen MR) is 91.1 cm³/mol. The summed E-state index contributed by atoms with van der Waals surface area (Å²) in [6, 6.07) is 0. The average molecular weight is 365 g/mol. The highest BCUT2D eigenvalue weighted by Gasteiger charge is 3.11. The number of esters is 2. The molecule has 1 heterocycles. The topological polar surface area (TPSA) is 183 Å². The zero-order valence-corrected chi connectivity index (χ0v) is 14.7.